The van der Waals surface area contributed by atoms with Crippen LogP contribution in [0.5, 0.6) is 5.75 Å². The zero-order chi connectivity index (χ0) is 19.2. The Morgan fingerprint density at radius 1 is 1.23 bits per heavy atom. The molecule has 1 aromatic rings. The van der Waals surface area contributed by atoms with E-state index in [4.69, 9.17) is 10.6 Å². The molecule has 0 bridgehead atoms. The summed E-state index contributed by atoms with van der Waals surface area (Å²) in [6.45, 7) is -0.386. The second-order valence-corrected chi connectivity index (χ2v) is 5.89. The molecule has 2 heterocycles. The summed E-state index contributed by atoms with van der Waals surface area (Å²) >= 11 is 0. The first kappa shape index (κ1) is 18.1. The van der Waals surface area contributed by atoms with Crippen LogP contribution >= 0.6 is 0 Å². The molecule has 3 amide bonds. The Balaban J connectivity index is 1.92. The molecule has 0 saturated carbocycles. The molecule has 2 aliphatic heterocycles. The number of likely N-dealkylation sites (N-methyl/N-ethyl adjacent to an activating group) is 1. The Bertz CT molecular complexity index is 752. The molecule has 2 N–H and O–H groups in total. The number of hydrogen-bond acceptors (Lipinski definition) is 6. The normalized spacial score (nSPS) is 26.3. The molecular weight excluding hydrogens is 359 g/mol. The third-order valence-corrected chi connectivity index (χ3v) is 4.18. The number of imide groups is 1. The van der Waals surface area contributed by atoms with E-state index in [1.165, 1.54) is 19.2 Å². The molecule has 140 valence electrons. The van der Waals surface area contributed by atoms with Crippen LogP contribution in [0.25, 0.3) is 0 Å². The molecule has 11 heteroatoms. The van der Waals surface area contributed by atoms with Gasteiger partial charge in [-0.15, -0.1) is 13.2 Å². The second-order valence-electron chi connectivity index (χ2n) is 5.89. The fourth-order valence-corrected chi connectivity index (χ4v) is 3.14. The van der Waals surface area contributed by atoms with Crippen LogP contribution in [-0.4, -0.2) is 53.7 Å². The topological polar surface area (TPSA) is 102 Å². The highest BCUT2D eigenvalue weighted by molar-refractivity contribution is 6.07. The van der Waals surface area contributed by atoms with Crippen LogP contribution in [0.4, 0.5) is 13.2 Å². The van der Waals surface area contributed by atoms with Crippen LogP contribution < -0.4 is 10.5 Å². The first-order valence-electron chi connectivity index (χ1n) is 7.47. The monoisotopic (exact) mass is 373 g/mol. The standard InChI is InChI=1S/C15H14F3N3O5/c1-20-13(23)10-11(21(6-9(19)22)26-12(10)14(20)24)7-2-4-8(5-3-7)25-15(16,17)18/h2-5,10-12H,6H2,1H3,(H2,19,22). The van der Waals surface area contributed by atoms with Crippen molar-refractivity contribution in [2.24, 2.45) is 11.7 Å². The number of alkyl halides is 3. The maximum atomic E-state index is 12.4. The van der Waals surface area contributed by atoms with Gasteiger partial charge in [-0.25, -0.2) is 0 Å². The van der Waals surface area contributed by atoms with Gasteiger partial charge in [0.1, 0.15) is 12.3 Å². The lowest BCUT2D eigenvalue weighted by Crippen LogP contribution is -2.38. The first-order valence-corrected chi connectivity index (χ1v) is 7.47. The Morgan fingerprint density at radius 2 is 1.85 bits per heavy atom. The predicted molar refractivity (Wildman–Crippen MR) is 77.9 cm³/mol. The lowest BCUT2D eigenvalue weighted by molar-refractivity contribution is -0.274. The quantitative estimate of drug-likeness (QED) is 0.764. The van der Waals surface area contributed by atoms with Gasteiger partial charge in [0, 0.05) is 7.05 Å². The van der Waals surface area contributed by atoms with Crippen molar-refractivity contribution >= 4 is 17.7 Å². The number of nitrogens with zero attached hydrogens (tertiary/aromatic N) is 2. The minimum atomic E-state index is -4.84. The van der Waals surface area contributed by atoms with Gasteiger partial charge in [0.15, 0.2) is 6.10 Å². The van der Waals surface area contributed by atoms with Gasteiger partial charge < -0.3 is 10.5 Å². The average Bonchev–Trinajstić information content (AvgIpc) is 2.98. The van der Waals surface area contributed by atoms with E-state index in [9.17, 15) is 27.6 Å². The van der Waals surface area contributed by atoms with Crippen molar-refractivity contribution in [2.75, 3.05) is 13.6 Å². The number of fused-ring (bicyclic) bond motifs is 1. The fourth-order valence-electron chi connectivity index (χ4n) is 3.14. The molecule has 3 unspecified atom stereocenters. The molecule has 0 radical (unpaired) electrons. The van der Waals surface area contributed by atoms with E-state index >= 15 is 0 Å². The largest absolute Gasteiger partial charge is 0.573 e. The third kappa shape index (κ3) is 3.22. The molecule has 2 aliphatic rings. The van der Waals surface area contributed by atoms with Gasteiger partial charge in [0.25, 0.3) is 5.91 Å². The first-order chi connectivity index (χ1) is 12.1. The number of primary amides is 1. The highest BCUT2D eigenvalue weighted by Gasteiger charge is 2.58. The molecular formula is C15H14F3N3O5. The maximum absolute atomic E-state index is 12.4. The molecule has 8 nitrogen and oxygen atoms in total. The van der Waals surface area contributed by atoms with E-state index in [1.807, 2.05) is 0 Å². The molecule has 3 atom stereocenters. The number of hydrogen-bond donors (Lipinski definition) is 1. The van der Waals surface area contributed by atoms with Crippen LogP contribution in [0.3, 0.4) is 0 Å². The molecule has 26 heavy (non-hydrogen) atoms. The van der Waals surface area contributed by atoms with Crippen molar-refractivity contribution in [3.63, 3.8) is 0 Å². The summed E-state index contributed by atoms with van der Waals surface area (Å²) in [5.41, 5.74) is 5.55. The third-order valence-electron chi connectivity index (χ3n) is 4.18. The Hall–Kier alpha value is -2.66. The Labute approximate surface area is 145 Å². The van der Waals surface area contributed by atoms with E-state index in [1.54, 1.807) is 0 Å². The van der Waals surface area contributed by atoms with Gasteiger partial charge in [0.2, 0.25) is 11.8 Å². The van der Waals surface area contributed by atoms with Gasteiger partial charge in [-0.3, -0.25) is 24.1 Å². The number of nitrogens with two attached hydrogens (primary N) is 1. The van der Waals surface area contributed by atoms with Crippen molar-refractivity contribution in [1.82, 2.24) is 9.96 Å². The lowest BCUT2D eigenvalue weighted by Gasteiger charge is -2.25. The smallest absolute Gasteiger partial charge is 0.406 e. The van der Waals surface area contributed by atoms with Gasteiger partial charge in [-0.05, 0) is 17.7 Å². The molecule has 2 fully saturated rings. The number of likely N-dealkylation sites (tertiary alicyclic amines) is 1. The van der Waals surface area contributed by atoms with Crippen LogP contribution in [0.2, 0.25) is 0 Å². The molecule has 0 aliphatic carbocycles. The van der Waals surface area contributed by atoms with E-state index < -0.39 is 47.9 Å². The number of carbonyl (C=O) groups is 3. The number of hydroxylamine groups is 2. The highest BCUT2D eigenvalue weighted by Crippen LogP contribution is 2.44. The summed E-state index contributed by atoms with van der Waals surface area (Å²) in [6, 6.07) is 3.91. The predicted octanol–water partition coefficient (Wildman–Crippen LogP) is 0.342. The summed E-state index contributed by atoms with van der Waals surface area (Å²) in [6.07, 6.45) is -5.94. The van der Waals surface area contributed by atoms with Crippen molar-refractivity contribution in [1.29, 1.82) is 0 Å². The molecule has 3 rings (SSSR count). The Morgan fingerprint density at radius 3 is 2.38 bits per heavy atom. The molecule has 1 aromatic carbocycles. The summed E-state index contributed by atoms with van der Waals surface area (Å²) in [5, 5.41) is 1.11. The van der Waals surface area contributed by atoms with Crippen LogP contribution in [0.1, 0.15) is 11.6 Å². The minimum Gasteiger partial charge on any atom is -0.406 e. The summed E-state index contributed by atoms with van der Waals surface area (Å²) in [7, 11) is 1.31. The summed E-state index contributed by atoms with van der Waals surface area (Å²) in [4.78, 5) is 42.1. The SMILES string of the molecule is CN1C(=O)C2ON(CC(N)=O)C(c3ccc(OC(F)(F)F)cc3)C2C1=O. The van der Waals surface area contributed by atoms with Crippen LogP contribution in [0, 0.1) is 5.92 Å². The van der Waals surface area contributed by atoms with Gasteiger partial charge >= 0.3 is 6.36 Å². The zero-order valence-electron chi connectivity index (χ0n) is 13.4. The van der Waals surface area contributed by atoms with E-state index in [0.717, 1.165) is 22.1 Å². The minimum absolute atomic E-state index is 0.379. The van der Waals surface area contributed by atoms with Crippen LogP contribution in [-0.2, 0) is 19.2 Å². The number of halogens is 3. The molecule has 0 aromatic heterocycles. The van der Waals surface area contributed by atoms with Crippen molar-refractivity contribution in [3.05, 3.63) is 29.8 Å². The highest BCUT2D eigenvalue weighted by atomic mass is 19.4. The van der Waals surface area contributed by atoms with Gasteiger partial charge in [-0.1, -0.05) is 12.1 Å². The molecule has 2 saturated heterocycles. The second kappa shape index (κ2) is 6.25. The Kier molecular flexibility index (Phi) is 4.36. The number of ether oxygens (including phenoxy) is 1. The van der Waals surface area contributed by atoms with E-state index in [0.29, 0.717) is 5.56 Å². The summed E-state index contributed by atoms with van der Waals surface area (Å²) < 4.78 is 40.6. The average molecular weight is 373 g/mol. The number of amides is 3. The number of benzene rings is 1. The lowest BCUT2D eigenvalue weighted by atomic mass is 9.91. The number of rotatable bonds is 4. The van der Waals surface area contributed by atoms with E-state index in [-0.39, 0.29) is 6.54 Å². The van der Waals surface area contributed by atoms with E-state index in [2.05, 4.69) is 4.74 Å². The van der Waals surface area contributed by atoms with Gasteiger partial charge in [-0.2, -0.15) is 5.06 Å². The summed E-state index contributed by atoms with van der Waals surface area (Å²) in [5.74, 6) is -3.19. The van der Waals surface area contributed by atoms with Crippen molar-refractivity contribution in [2.45, 2.75) is 18.5 Å². The molecule has 0 spiro atoms. The van der Waals surface area contributed by atoms with Crippen molar-refractivity contribution < 1.29 is 37.1 Å². The van der Waals surface area contributed by atoms with Crippen molar-refractivity contribution in [3.8, 4) is 5.75 Å². The van der Waals surface area contributed by atoms with Gasteiger partial charge in [0.05, 0.1) is 12.0 Å². The van der Waals surface area contributed by atoms with Crippen LogP contribution in [0.15, 0.2) is 24.3 Å². The maximum Gasteiger partial charge on any atom is 0.573 e. The zero-order valence-corrected chi connectivity index (χ0v) is 13.4. The number of carbonyl (C=O) groups excluding carboxylic acids is 3. The fraction of sp³-hybridized carbons (Fsp3) is 0.400.